The fourth-order valence-corrected chi connectivity index (χ4v) is 1.03. The van der Waals surface area contributed by atoms with Crippen LogP contribution < -0.4 is 5.73 Å². The van der Waals surface area contributed by atoms with Crippen LogP contribution in [0.15, 0.2) is 27.2 Å². The van der Waals surface area contributed by atoms with Crippen LogP contribution in [0, 0.1) is 6.92 Å². The molecule has 5 heteroatoms. The van der Waals surface area contributed by atoms with E-state index < -0.39 is 6.04 Å². The first-order valence-electron chi connectivity index (χ1n) is 3.86. The summed E-state index contributed by atoms with van der Waals surface area (Å²) in [6.07, 6.45) is 1.55. The molecule has 13 heavy (non-hydrogen) atoms. The summed E-state index contributed by atoms with van der Waals surface area (Å²) in [6.45, 7) is 1.71. The van der Waals surface area contributed by atoms with Crippen LogP contribution in [0.1, 0.15) is 23.6 Å². The summed E-state index contributed by atoms with van der Waals surface area (Å²) >= 11 is 0. The van der Waals surface area contributed by atoms with Crippen molar-refractivity contribution in [2.24, 2.45) is 5.73 Å². The van der Waals surface area contributed by atoms with E-state index in [9.17, 15) is 0 Å². The molecule has 0 saturated heterocycles. The number of aromatic nitrogens is 2. The molecule has 2 aromatic heterocycles. The molecule has 2 N–H and O–H groups in total. The van der Waals surface area contributed by atoms with Gasteiger partial charge in [0.2, 0.25) is 11.8 Å². The SMILES string of the molecule is Cc1nnc(C(N)c2ccco2)o1. The summed E-state index contributed by atoms with van der Waals surface area (Å²) in [5.74, 6) is 1.48. The van der Waals surface area contributed by atoms with Crippen molar-refractivity contribution < 1.29 is 8.83 Å². The van der Waals surface area contributed by atoms with Gasteiger partial charge in [-0.25, -0.2) is 0 Å². The number of nitrogens with zero attached hydrogens (tertiary/aromatic N) is 2. The van der Waals surface area contributed by atoms with Gasteiger partial charge in [0.15, 0.2) is 0 Å². The minimum Gasteiger partial charge on any atom is -0.467 e. The van der Waals surface area contributed by atoms with E-state index in [0.29, 0.717) is 17.5 Å². The van der Waals surface area contributed by atoms with Crippen LogP contribution in [-0.2, 0) is 0 Å². The number of hydrogen-bond donors (Lipinski definition) is 1. The minimum absolute atomic E-state index is 0.368. The van der Waals surface area contributed by atoms with Gasteiger partial charge in [0, 0.05) is 6.92 Å². The Bertz CT molecular complexity index is 380. The Hall–Kier alpha value is -1.62. The van der Waals surface area contributed by atoms with Crippen molar-refractivity contribution in [1.82, 2.24) is 10.2 Å². The molecule has 5 nitrogen and oxygen atoms in total. The highest BCUT2D eigenvalue weighted by Crippen LogP contribution is 2.17. The van der Waals surface area contributed by atoms with Gasteiger partial charge in [-0.15, -0.1) is 10.2 Å². The molecule has 0 radical (unpaired) electrons. The van der Waals surface area contributed by atoms with Crippen molar-refractivity contribution in [3.63, 3.8) is 0 Å². The monoisotopic (exact) mass is 179 g/mol. The number of nitrogens with two attached hydrogens (primary N) is 1. The molecule has 1 unspecified atom stereocenters. The second-order valence-electron chi connectivity index (χ2n) is 2.65. The lowest BCUT2D eigenvalue weighted by Crippen LogP contribution is -2.11. The summed E-state index contributed by atoms with van der Waals surface area (Å²) in [7, 11) is 0. The van der Waals surface area contributed by atoms with Gasteiger partial charge in [-0.05, 0) is 12.1 Å². The Balaban J connectivity index is 2.28. The third-order valence-corrected chi connectivity index (χ3v) is 1.66. The number of furan rings is 1. The lowest BCUT2D eigenvalue weighted by Gasteiger charge is -2.00. The second kappa shape index (κ2) is 3.02. The molecule has 0 fully saturated rings. The first kappa shape index (κ1) is 8.00. The van der Waals surface area contributed by atoms with Crippen LogP contribution in [0.5, 0.6) is 0 Å². The van der Waals surface area contributed by atoms with Gasteiger partial charge < -0.3 is 14.6 Å². The fourth-order valence-electron chi connectivity index (χ4n) is 1.03. The van der Waals surface area contributed by atoms with Crippen molar-refractivity contribution in [2.75, 3.05) is 0 Å². The lowest BCUT2D eigenvalue weighted by molar-refractivity contribution is 0.410. The van der Waals surface area contributed by atoms with Gasteiger partial charge in [-0.2, -0.15) is 0 Å². The first-order chi connectivity index (χ1) is 6.27. The zero-order valence-corrected chi connectivity index (χ0v) is 7.10. The van der Waals surface area contributed by atoms with Crippen molar-refractivity contribution in [1.29, 1.82) is 0 Å². The third-order valence-electron chi connectivity index (χ3n) is 1.66. The standard InChI is InChI=1S/C8H9N3O2/c1-5-10-11-8(13-5)7(9)6-3-2-4-12-6/h2-4,7H,9H2,1H3. The topological polar surface area (TPSA) is 78.1 Å². The lowest BCUT2D eigenvalue weighted by atomic mass is 10.2. The maximum Gasteiger partial charge on any atom is 0.240 e. The van der Waals surface area contributed by atoms with E-state index >= 15 is 0 Å². The average Bonchev–Trinajstić information content (AvgIpc) is 2.72. The molecule has 0 aliphatic heterocycles. The average molecular weight is 179 g/mol. The van der Waals surface area contributed by atoms with Crippen molar-refractivity contribution in [2.45, 2.75) is 13.0 Å². The predicted molar refractivity (Wildman–Crippen MR) is 43.8 cm³/mol. The number of rotatable bonds is 2. The number of hydrogen-bond acceptors (Lipinski definition) is 5. The first-order valence-corrected chi connectivity index (χ1v) is 3.86. The molecule has 0 bridgehead atoms. The van der Waals surface area contributed by atoms with Gasteiger partial charge >= 0.3 is 0 Å². The van der Waals surface area contributed by atoms with E-state index in [4.69, 9.17) is 14.6 Å². The largest absolute Gasteiger partial charge is 0.467 e. The summed E-state index contributed by atoms with van der Waals surface area (Å²) in [6, 6.07) is 3.05. The number of aryl methyl sites for hydroxylation is 1. The second-order valence-corrected chi connectivity index (χ2v) is 2.65. The third kappa shape index (κ3) is 1.46. The molecule has 0 aliphatic carbocycles. The van der Waals surface area contributed by atoms with Crippen LogP contribution in [0.3, 0.4) is 0 Å². The summed E-state index contributed by atoms with van der Waals surface area (Å²) < 4.78 is 10.3. The van der Waals surface area contributed by atoms with E-state index in [1.807, 2.05) is 0 Å². The maximum absolute atomic E-state index is 5.78. The van der Waals surface area contributed by atoms with E-state index in [0.717, 1.165) is 0 Å². The van der Waals surface area contributed by atoms with Crippen LogP contribution in [0.2, 0.25) is 0 Å². The molecular weight excluding hydrogens is 170 g/mol. The van der Waals surface area contributed by atoms with Gasteiger partial charge in [0.1, 0.15) is 11.8 Å². The van der Waals surface area contributed by atoms with Crippen molar-refractivity contribution in [3.8, 4) is 0 Å². The van der Waals surface area contributed by atoms with E-state index in [-0.39, 0.29) is 0 Å². The van der Waals surface area contributed by atoms with Crippen LogP contribution in [0.25, 0.3) is 0 Å². The highest BCUT2D eigenvalue weighted by atomic mass is 16.4. The highest BCUT2D eigenvalue weighted by molar-refractivity contribution is 5.10. The Kier molecular flexibility index (Phi) is 1.86. The smallest absolute Gasteiger partial charge is 0.240 e. The molecule has 0 aliphatic rings. The Labute approximate surface area is 74.6 Å². The summed E-state index contributed by atoms with van der Waals surface area (Å²) in [5, 5.41) is 7.48. The Morgan fingerprint density at radius 2 is 2.31 bits per heavy atom. The molecule has 1 atom stereocenters. The Morgan fingerprint density at radius 1 is 1.46 bits per heavy atom. The Morgan fingerprint density at radius 3 is 2.85 bits per heavy atom. The van der Waals surface area contributed by atoms with Crippen LogP contribution in [0.4, 0.5) is 0 Å². The van der Waals surface area contributed by atoms with Gasteiger partial charge in [-0.3, -0.25) is 0 Å². The summed E-state index contributed by atoms with van der Waals surface area (Å²) in [4.78, 5) is 0. The van der Waals surface area contributed by atoms with E-state index in [1.165, 1.54) is 0 Å². The molecule has 2 rings (SSSR count). The van der Waals surface area contributed by atoms with Crippen LogP contribution >= 0.6 is 0 Å². The van der Waals surface area contributed by atoms with Crippen LogP contribution in [-0.4, -0.2) is 10.2 Å². The van der Waals surface area contributed by atoms with Gasteiger partial charge in [-0.1, -0.05) is 0 Å². The zero-order valence-electron chi connectivity index (χ0n) is 7.10. The molecule has 2 aromatic rings. The quantitative estimate of drug-likeness (QED) is 0.744. The predicted octanol–water partition coefficient (Wildman–Crippen LogP) is 1.02. The van der Waals surface area contributed by atoms with Gasteiger partial charge in [0.05, 0.1) is 6.26 Å². The molecular formula is C8H9N3O2. The molecule has 68 valence electrons. The van der Waals surface area contributed by atoms with Crippen molar-refractivity contribution >= 4 is 0 Å². The molecule has 0 amide bonds. The normalized spacial score (nSPS) is 13.1. The summed E-state index contributed by atoms with van der Waals surface area (Å²) in [5.41, 5.74) is 5.78. The molecule has 0 saturated carbocycles. The van der Waals surface area contributed by atoms with E-state index in [1.54, 1.807) is 25.3 Å². The van der Waals surface area contributed by atoms with E-state index in [2.05, 4.69) is 10.2 Å². The molecule has 0 aromatic carbocycles. The zero-order chi connectivity index (χ0) is 9.26. The van der Waals surface area contributed by atoms with Crippen molar-refractivity contribution in [3.05, 3.63) is 35.9 Å². The maximum atomic E-state index is 5.78. The molecule has 0 spiro atoms. The minimum atomic E-state index is -0.476. The van der Waals surface area contributed by atoms with Gasteiger partial charge in [0.25, 0.3) is 0 Å². The fraction of sp³-hybridized carbons (Fsp3) is 0.250. The highest BCUT2D eigenvalue weighted by Gasteiger charge is 2.17. The molecule has 2 heterocycles.